The predicted molar refractivity (Wildman–Crippen MR) is 98.7 cm³/mol. The molecule has 1 N–H and O–H groups in total. The van der Waals surface area contributed by atoms with Gasteiger partial charge < -0.3 is 9.84 Å². The average molecular weight is 342 g/mol. The lowest BCUT2D eigenvalue weighted by molar-refractivity contribution is 0.0736. The van der Waals surface area contributed by atoms with Crippen molar-refractivity contribution in [2.45, 2.75) is 64.5 Å². The zero-order chi connectivity index (χ0) is 15.8. The van der Waals surface area contributed by atoms with Crippen LogP contribution in [0.3, 0.4) is 0 Å². The van der Waals surface area contributed by atoms with Gasteiger partial charge >= 0.3 is 0 Å². The van der Waals surface area contributed by atoms with Gasteiger partial charge in [0.05, 0.1) is 12.7 Å². The van der Waals surface area contributed by atoms with Crippen molar-refractivity contribution in [3.05, 3.63) is 29.8 Å². The predicted octanol–water partition coefficient (Wildman–Crippen LogP) is 4.07. The molecule has 3 nitrogen and oxygen atoms in total. The van der Waals surface area contributed by atoms with Crippen molar-refractivity contribution in [2.24, 2.45) is 0 Å². The number of β-amino-alcohol motifs (C(OH)–C–C–N with tert-alkyl or cyclic N) is 1. The summed E-state index contributed by atoms with van der Waals surface area (Å²) in [6.45, 7) is 7.13. The van der Waals surface area contributed by atoms with E-state index in [-0.39, 0.29) is 18.5 Å². The summed E-state index contributed by atoms with van der Waals surface area (Å²) >= 11 is 0. The van der Waals surface area contributed by atoms with E-state index in [0.717, 1.165) is 44.7 Å². The van der Waals surface area contributed by atoms with E-state index in [2.05, 4.69) is 30.9 Å². The van der Waals surface area contributed by atoms with Crippen LogP contribution in [0.4, 0.5) is 0 Å². The van der Waals surface area contributed by atoms with E-state index in [1.165, 1.54) is 24.8 Å². The van der Waals surface area contributed by atoms with Gasteiger partial charge in [-0.2, -0.15) is 0 Å². The van der Waals surface area contributed by atoms with E-state index in [9.17, 15) is 5.11 Å². The fourth-order valence-electron chi connectivity index (χ4n) is 3.09. The first-order chi connectivity index (χ1) is 10.7. The summed E-state index contributed by atoms with van der Waals surface area (Å²) in [5.74, 6) is 0.927. The lowest BCUT2D eigenvalue weighted by Crippen LogP contribution is -2.42. The molecule has 1 fully saturated rings. The van der Waals surface area contributed by atoms with Crippen molar-refractivity contribution in [3.8, 4) is 5.75 Å². The maximum Gasteiger partial charge on any atom is 0.119 e. The van der Waals surface area contributed by atoms with Crippen LogP contribution in [0, 0.1) is 0 Å². The number of ether oxygens (including phenoxy) is 1. The fraction of sp³-hybridized carbons (Fsp3) is 0.684. The van der Waals surface area contributed by atoms with Crippen molar-refractivity contribution in [2.75, 3.05) is 19.7 Å². The van der Waals surface area contributed by atoms with Gasteiger partial charge in [0.15, 0.2) is 0 Å². The molecular formula is C19H32ClNO2. The number of likely N-dealkylation sites (tertiary alicyclic amines) is 1. The number of piperidine rings is 1. The molecule has 2 unspecified atom stereocenters. The molecule has 1 aliphatic heterocycles. The van der Waals surface area contributed by atoms with Gasteiger partial charge in [0.2, 0.25) is 0 Å². The van der Waals surface area contributed by atoms with Crippen molar-refractivity contribution in [3.63, 3.8) is 0 Å². The van der Waals surface area contributed by atoms with Crippen molar-refractivity contribution < 1.29 is 9.84 Å². The van der Waals surface area contributed by atoms with Gasteiger partial charge in [-0.05, 0) is 56.8 Å². The van der Waals surface area contributed by atoms with Crippen LogP contribution in [0.25, 0.3) is 0 Å². The monoisotopic (exact) mass is 341 g/mol. The summed E-state index contributed by atoms with van der Waals surface area (Å²) in [6, 6.07) is 8.79. The number of halogens is 1. The molecule has 132 valence electrons. The minimum absolute atomic E-state index is 0. The second-order valence-corrected chi connectivity index (χ2v) is 6.54. The molecule has 0 amide bonds. The highest BCUT2D eigenvalue weighted by Crippen LogP contribution is 2.18. The van der Waals surface area contributed by atoms with E-state index in [1.807, 2.05) is 12.1 Å². The number of unbranched alkanes of at least 4 members (excludes halogenated alkanes) is 1. The number of nitrogens with zero attached hydrogens (tertiary/aromatic N) is 1. The molecule has 1 aliphatic rings. The lowest BCUT2D eigenvalue weighted by Gasteiger charge is -2.34. The molecule has 0 radical (unpaired) electrons. The molecule has 0 aromatic heterocycles. The van der Waals surface area contributed by atoms with E-state index >= 15 is 0 Å². The van der Waals surface area contributed by atoms with Crippen LogP contribution in [-0.4, -0.2) is 41.8 Å². The number of hydrogen-bond donors (Lipinski definition) is 1. The first-order valence-corrected chi connectivity index (χ1v) is 8.83. The van der Waals surface area contributed by atoms with Gasteiger partial charge in [-0.3, -0.25) is 4.90 Å². The van der Waals surface area contributed by atoms with Gasteiger partial charge in [0.25, 0.3) is 0 Å². The Morgan fingerprint density at radius 1 is 1.26 bits per heavy atom. The summed E-state index contributed by atoms with van der Waals surface area (Å²) in [5, 5.41) is 10.3. The first-order valence-electron chi connectivity index (χ1n) is 8.83. The van der Waals surface area contributed by atoms with Gasteiger partial charge in [-0.25, -0.2) is 0 Å². The molecule has 0 aliphatic carbocycles. The standard InChI is InChI=1S/C19H31NO2.ClH/c1-3-4-13-22-19-10-8-17(9-11-19)14-18(21)15-20-12-6-5-7-16(20)2;/h8-11,16,18,21H,3-7,12-15H2,1-2H3;1H. The Labute approximate surface area is 147 Å². The highest BCUT2D eigenvalue weighted by Gasteiger charge is 2.20. The second-order valence-electron chi connectivity index (χ2n) is 6.54. The van der Waals surface area contributed by atoms with E-state index in [0.29, 0.717) is 6.04 Å². The lowest BCUT2D eigenvalue weighted by atomic mass is 10.0. The van der Waals surface area contributed by atoms with Crippen LogP contribution < -0.4 is 4.74 Å². The van der Waals surface area contributed by atoms with Crippen molar-refractivity contribution in [1.29, 1.82) is 0 Å². The van der Waals surface area contributed by atoms with Crippen molar-refractivity contribution >= 4 is 12.4 Å². The number of aliphatic hydroxyl groups excluding tert-OH is 1. The largest absolute Gasteiger partial charge is 0.494 e. The minimum atomic E-state index is -0.285. The summed E-state index contributed by atoms with van der Waals surface area (Å²) in [4.78, 5) is 2.43. The van der Waals surface area contributed by atoms with Gasteiger partial charge in [0, 0.05) is 12.6 Å². The SMILES string of the molecule is CCCCOc1ccc(CC(O)CN2CCCCC2C)cc1.Cl. The Morgan fingerprint density at radius 2 is 2.00 bits per heavy atom. The Hall–Kier alpha value is -0.770. The summed E-state index contributed by atoms with van der Waals surface area (Å²) in [7, 11) is 0. The fourth-order valence-corrected chi connectivity index (χ4v) is 3.09. The molecule has 0 bridgehead atoms. The number of hydrogen-bond acceptors (Lipinski definition) is 3. The molecule has 1 aromatic carbocycles. The Bertz CT molecular complexity index is 424. The normalized spacial score (nSPS) is 19.9. The van der Waals surface area contributed by atoms with E-state index in [4.69, 9.17) is 4.74 Å². The molecule has 1 aromatic rings. The quantitative estimate of drug-likeness (QED) is 0.723. The van der Waals surface area contributed by atoms with Crippen LogP contribution in [0.15, 0.2) is 24.3 Å². The van der Waals surface area contributed by atoms with Crippen LogP contribution in [-0.2, 0) is 6.42 Å². The summed E-state index contributed by atoms with van der Waals surface area (Å²) in [5.41, 5.74) is 1.18. The molecule has 1 saturated heterocycles. The Balaban J connectivity index is 0.00000264. The number of aliphatic hydroxyl groups is 1. The average Bonchev–Trinajstić information content (AvgIpc) is 2.51. The maximum atomic E-state index is 10.3. The van der Waals surface area contributed by atoms with Gasteiger partial charge in [-0.1, -0.05) is 31.9 Å². The Morgan fingerprint density at radius 3 is 2.65 bits per heavy atom. The van der Waals surface area contributed by atoms with E-state index < -0.39 is 0 Å². The smallest absolute Gasteiger partial charge is 0.119 e. The Kier molecular flexibility index (Phi) is 9.61. The van der Waals surface area contributed by atoms with Crippen LogP contribution in [0.2, 0.25) is 0 Å². The number of rotatable bonds is 8. The van der Waals surface area contributed by atoms with Crippen molar-refractivity contribution in [1.82, 2.24) is 4.90 Å². The van der Waals surface area contributed by atoms with Gasteiger partial charge in [0.1, 0.15) is 5.75 Å². The molecule has 0 spiro atoms. The van der Waals surface area contributed by atoms with Crippen LogP contribution in [0.5, 0.6) is 5.75 Å². The third-order valence-electron chi connectivity index (χ3n) is 4.55. The molecule has 0 saturated carbocycles. The molecule has 23 heavy (non-hydrogen) atoms. The van der Waals surface area contributed by atoms with E-state index in [1.54, 1.807) is 0 Å². The molecule has 2 rings (SSSR count). The number of benzene rings is 1. The van der Waals surface area contributed by atoms with Crippen LogP contribution >= 0.6 is 12.4 Å². The molecule has 1 heterocycles. The zero-order valence-electron chi connectivity index (χ0n) is 14.5. The third-order valence-corrected chi connectivity index (χ3v) is 4.55. The minimum Gasteiger partial charge on any atom is -0.494 e. The highest BCUT2D eigenvalue weighted by atomic mass is 35.5. The first kappa shape index (κ1) is 20.3. The molecular weight excluding hydrogens is 310 g/mol. The maximum absolute atomic E-state index is 10.3. The topological polar surface area (TPSA) is 32.7 Å². The molecule has 4 heteroatoms. The second kappa shape index (κ2) is 10.9. The highest BCUT2D eigenvalue weighted by molar-refractivity contribution is 5.85. The summed E-state index contributed by atoms with van der Waals surface area (Å²) in [6.07, 6.45) is 6.53. The zero-order valence-corrected chi connectivity index (χ0v) is 15.4. The summed E-state index contributed by atoms with van der Waals surface area (Å²) < 4.78 is 5.67. The van der Waals surface area contributed by atoms with Crippen LogP contribution in [0.1, 0.15) is 51.5 Å². The molecule has 2 atom stereocenters. The third kappa shape index (κ3) is 7.11. The van der Waals surface area contributed by atoms with Gasteiger partial charge in [-0.15, -0.1) is 12.4 Å².